The monoisotopic (exact) mass is 333 g/mol. The summed E-state index contributed by atoms with van der Waals surface area (Å²) < 4.78 is 13.5. The van der Waals surface area contributed by atoms with Crippen LogP contribution in [0.3, 0.4) is 0 Å². The summed E-state index contributed by atoms with van der Waals surface area (Å²) in [6.07, 6.45) is 2.09. The van der Waals surface area contributed by atoms with E-state index >= 15 is 0 Å². The smallest absolute Gasteiger partial charge is 0.252 e. The minimum absolute atomic E-state index is 0.0960. The Morgan fingerprint density at radius 3 is 2.75 bits per heavy atom. The zero-order chi connectivity index (χ0) is 11.7. The van der Waals surface area contributed by atoms with Crippen LogP contribution in [-0.4, -0.2) is 11.9 Å². The fourth-order valence-electron chi connectivity index (χ4n) is 1.96. The molecule has 0 spiro atoms. The summed E-state index contributed by atoms with van der Waals surface area (Å²) in [5.74, 6) is 0.303. The first kappa shape index (κ1) is 11.8. The number of carbonyl (C=O) groups is 1. The lowest BCUT2D eigenvalue weighted by Crippen LogP contribution is -2.43. The van der Waals surface area contributed by atoms with Gasteiger partial charge in [0.05, 0.1) is 5.56 Å². The van der Waals surface area contributed by atoms with Gasteiger partial charge in [-0.3, -0.25) is 4.79 Å². The Hall–Kier alpha value is -0.650. The molecule has 86 valence electrons. The highest BCUT2D eigenvalue weighted by molar-refractivity contribution is 14.1. The number of hydrogen-bond acceptors (Lipinski definition) is 1. The third-order valence-corrected chi connectivity index (χ3v) is 3.78. The highest BCUT2D eigenvalue weighted by Gasteiger charge is 2.27. The molecule has 1 fully saturated rings. The summed E-state index contributed by atoms with van der Waals surface area (Å²) >= 11 is 1.98. The zero-order valence-corrected chi connectivity index (χ0v) is 11.1. The lowest BCUT2D eigenvalue weighted by molar-refractivity contribution is 0.0895. The average Bonchev–Trinajstić information content (AvgIpc) is 2.15. The van der Waals surface area contributed by atoms with Gasteiger partial charge in [0.25, 0.3) is 5.91 Å². The Morgan fingerprint density at radius 1 is 1.50 bits per heavy atom. The van der Waals surface area contributed by atoms with Gasteiger partial charge in [-0.05, 0) is 59.5 Å². The molecule has 1 amide bonds. The number of hydrogen-bond donors (Lipinski definition) is 1. The molecule has 2 nitrogen and oxygen atoms in total. The Morgan fingerprint density at radius 2 is 2.19 bits per heavy atom. The van der Waals surface area contributed by atoms with Gasteiger partial charge in [0.15, 0.2) is 0 Å². The lowest BCUT2D eigenvalue weighted by Gasteiger charge is -2.33. The van der Waals surface area contributed by atoms with Gasteiger partial charge < -0.3 is 5.32 Å². The van der Waals surface area contributed by atoms with Crippen molar-refractivity contribution in [3.05, 3.63) is 33.1 Å². The normalized spacial score (nSPS) is 23.7. The predicted molar refractivity (Wildman–Crippen MR) is 68.8 cm³/mol. The van der Waals surface area contributed by atoms with E-state index in [2.05, 4.69) is 12.2 Å². The molecule has 0 radical (unpaired) electrons. The van der Waals surface area contributed by atoms with Gasteiger partial charge in [-0.25, -0.2) is 4.39 Å². The SMILES string of the molecule is CC1CC(NC(=O)c2ccc(F)cc2I)C1. The molecule has 0 aromatic heterocycles. The van der Waals surface area contributed by atoms with Crippen LogP contribution in [0, 0.1) is 15.3 Å². The maximum absolute atomic E-state index is 12.9. The van der Waals surface area contributed by atoms with E-state index in [0.29, 0.717) is 21.1 Å². The summed E-state index contributed by atoms with van der Waals surface area (Å²) in [4.78, 5) is 11.8. The van der Waals surface area contributed by atoms with Crippen molar-refractivity contribution in [2.75, 3.05) is 0 Å². The molecule has 1 aromatic carbocycles. The van der Waals surface area contributed by atoms with Crippen molar-refractivity contribution in [3.8, 4) is 0 Å². The third-order valence-electron chi connectivity index (χ3n) is 2.88. The molecule has 0 aliphatic heterocycles. The quantitative estimate of drug-likeness (QED) is 0.829. The predicted octanol–water partition coefficient (Wildman–Crippen LogP) is 2.96. The summed E-state index contributed by atoms with van der Waals surface area (Å²) in [7, 11) is 0. The molecule has 4 heteroatoms. The van der Waals surface area contributed by atoms with Crippen molar-refractivity contribution in [3.63, 3.8) is 0 Å². The van der Waals surface area contributed by atoms with Gasteiger partial charge in [-0.2, -0.15) is 0 Å². The summed E-state index contributed by atoms with van der Waals surface area (Å²) in [6.45, 7) is 2.17. The van der Waals surface area contributed by atoms with Crippen molar-refractivity contribution in [2.45, 2.75) is 25.8 Å². The largest absolute Gasteiger partial charge is 0.349 e. The van der Waals surface area contributed by atoms with Crippen molar-refractivity contribution in [2.24, 2.45) is 5.92 Å². The summed E-state index contributed by atoms with van der Waals surface area (Å²) in [5.41, 5.74) is 0.557. The number of rotatable bonds is 2. The summed E-state index contributed by atoms with van der Waals surface area (Å²) in [5, 5.41) is 2.96. The molecule has 1 N–H and O–H groups in total. The molecule has 1 saturated carbocycles. The second kappa shape index (κ2) is 4.69. The maximum atomic E-state index is 12.9. The third kappa shape index (κ3) is 2.53. The van der Waals surface area contributed by atoms with E-state index in [0.717, 1.165) is 12.8 Å². The molecule has 1 aromatic rings. The molecule has 1 aliphatic rings. The summed E-state index contributed by atoms with van der Waals surface area (Å²) in [6, 6.07) is 4.52. The van der Waals surface area contributed by atoms with Gasteiger partial charge in [-0.15, -0.1) is 0 Å². The fourth-order valence-corrected chi connectivity index (χ4v) is 2.68. The highest BCUT2D eigenvalue weighted by Crippen LogP contribution is 2.26. The van der Waals surface area contributed by atoms with Crippen molar-refractivity contribution < 1.29 is 9.18 Å². The van der Waals surface area contributed by atoms with Gasteiger partial charge in [0, 0.05) is 9.61 Å². The first-order valence-corrected chi connectivity index (χ1v) is 6.40. The van der Waals surface area contributed by atoms with Gasteiger partial charge in [0.2, 0.25) is 0 Å². The van der Waals surface area contributed by atoms with E-state index in [1.165, 1.54) is 18.2 Å². The number of carbonyl (C=O) groups excluding carboxylic acids is 1. The maximum Gasteiger partial charge on any atom is 0.252 e. The highest BCUT2D eigenvalue weighted by atomic mass is 127. The van der Waals surface area contributed by atoms with E-state index < -0.39 is 0 Å². The van der Waals surface area contributed by atoms with Crippen LogP contribution in [0.4, 0.5) is 4.39 Å². The van der Waals surface area contributed by atoms with Crippen LogP contribution in [0.5, 0.6) is 0 Å². The van der Waals surface area contributed by atoms with Crippen molar-refractivity contribution in [1.82, 2.24) is 5.32 Å². The first-order valence-electron chi connectivity index (χ1n) is 5.32. The van der Waals surface area contributed by atoms with Gasteiger partial charge >= 0.3 is 0 Å². The van der Waals surface area contributed by atoms with E-state index in [4.69, 9.17) is 0 Å². The van der Waals surface area contributed by atoms with Crippen LogP contribution >= 0.6 is 22.6 Å². The van der Waals surface area contributed by atoms with Crippen LogP contribution in [0.2, 0.25) is 0 Å². The van der Waals surface area contributed by atoms with E-state index in [9.17, 15) is 9.18 Å². The Kier molecular flexibility index (Phi) is 3.47. The molecule has 0 bridgehead atoms. The average molecular weight is 333 g/mol. The van der Waals surface area contributed by atoms with Crippen LogP contribution in [0.1, 0.15) is 30.1 Å². The van der Waals surface area contributed by atoms with Crippen LogP contribution in [0.15, 0.2) is 18.2 Å². The second-order valence-electron chi connectivity index (χ2n) is 4.37. The molecular formula is C12H13FINO. The first-order chi connectivity index (χ1) is 7.56. The Balaban J connectivity index is 2.03. The molecule has 16 heavy (non-hydrogen) atoms. The number of halogens is 2. The van der Waals surface area contributed by atoms with Crippen LogP contribution < -0.4 is 5.32 Å². The van der Waals surface area contributed by atoms with Crippen molar-refractivity contribution >= 4 is 28.5 Å². The standard InChI is InChI=1S/C12H13FINO/c1-7-4-9(5-7)15-12(16)10-3-2-8(13)6-11(10)14/h2-3,6-7,9H,4-5H2,1H3,(H,15,16). The molecule has 1 aliphatic carbocycles. The Bertz CT molecular complexity index is 415. The van der Waals surface area contributed by atoms with Crippen LogP contribution in [0.25, 0.3) is 0 Å². The lowest BCUT2D eigenvalue weighted by atomic mass is 9.82. The van der Waals surface area contributed by atoms with Gasteiger partial charge in [0.1, 0.15) is 5.82 Å². The fraction of sp³-hybridized carbons (Fsp3) is 0.417. The minimum atomic E-state index is -0.307. The zero-order valence-electron chi connectivity index (χ0n) is 8.97. The number of benzene rings is 1. The Labute approximate surface area is 108 Å². The van der Waals surface area contributed by atoms with Crippen LogP contribution in [-0.2, 0) is 0 Å². The molecular weight excluding hydrogens is 320 g/mol. The van der Waals surface area contributed by atoms with Crippen molar-refractivity contribution in [1.29, 1.82) is 0 Å². The molecule has 0 unspecified atom stereocenters. The minimum Gasteiger partial charge on any atom is -0.349 e. The topological polar surface area (TPSA) is 29.1 Å². The molecule has 0 heterocycles. The van der Waals surface area contributed by atoms with E-state index in [1.54, 1.807) is 0 Å². The number of amides is 1. The van der Waals surface area contributed by atoms with E-state index in [1.807, 2.05) is 22.6 Å². The number of nitrogens with one attached hydrogen (secondary N) is 1. The molecule has 0 atom stereocenters. The van der Waals surface area contributed by atoms with E-state index in [-0.39, 0.29) is 11.7 Å². The molecule has 2 rings (SSSR count). The molecule has 0 saturated heterocycles. The van der Waals surface area contributed by atoms with Gasteiger partial charge in [-0.1, -0.05) is 6.92 Å². The second-order valence-corrected chi connectivity index (χ2v) is 5.53.